The van der Waals surface area contributed by atoms with Crippen molar-refractivity contribution < 1.29 is 0 Å². The number of rotatable bonds is 2. The van der Waals surface area contributed by atoms with Crippen LogP contribution in [-0.4, -0.2) is 0 Å². The first kappa shape index (κ1) is 11.1. The largest absolute Gasteiger partial charge is 0.0654 e. The summed E-state index contributed by atoms with van der Waals surface area (Å²) in [7, 11) is 0. The van der Waals surface area contributed by atoms with Gasteiger partial charge < -0.3 is 0 Å². The van der Waals surface area contributed by atoms with Gasteiger partial charge in [-0.25, -0.2) is 0 Å². The highest BCUT2D eigenvalue weighted by Gasteiger charge is 2.26. The summed E-state index contributed by atoms with van der Waals surface area (Å²) < 4.78 is 0. The van der Waals surface area contributed by atoms with Crippen LogP contribution < -0.4 is 0 Å². The fraction of sp³-hybridized carbons (Fsp3) is 1.00. The summed E-state index contributed by atoms with van der Waals surface area (Å²) in [6.07, 6.45) is 7.28. The van der Waals surface area contributed by atoms with Gasteiger partial charge in [0, 0.05) is 0 Å². The summed E-state index contributed by atoms with van der Waals surface area (Å²) in [4.78, 5) is 0. The van der Waals surface area contributed by atoms with Crippen LogP contribution >= 0.6 is 0 Å². The van der Waals surface area contributed by atoms with Crippen LogP contribution in [0.3, 0.4) is 0 Å². The van der Waals surface area contributed by atoms with E-state index in [1.807, 2.05) is 0 Å². The standard InChI is InChI=1S/C13H26/c1-5-6-13-8-7-10(2)12(4)11(3)9-13/h10-13H,5-9H2,1-4H3. The highest BCUT2D eigenvalue weighted by atomic mass is 14.3. The van der Waals surface area contributed by atoms with Gasteiger partial charge in [0.25, 0.3) is 0 Å². The summed E-state index contributed by atoms with van der Waals surface area (Å²) in [6, 6.07) is 0. The highest BCUT2D eigenvalue weighted by Crippen LogP contribution is 2.36. The zero-order valence-electron chi connectivity index (χ0n) is 9.84. The van der Waals surface area contributed by atoms with Gasteiger partial charge in [-0.3, -0.25) is 0 Å². The summed E-state index contributed by atoms with van der Waals surface area (Å²) in [6.45, 7) is 9.66. The molecule has 0 radical (unpaired) electrons. The molecule has 0 aromatic heterocycles. The fourth-order valence-corrected chi connectivity index (χ4v) is 2.85. The van der Waals surface area contributed by atoms with Gasteiger partial charge in [-0.2, -0.15) is 0 Å². The molecule has 1 aliphatic rings. The van der Waals surface area contributed by atoms with Gasteiger partial charge in [-0.15, -0.1) is 0 Å². The van der Waals surface area contributed by atoms with Gasteiger partial charge in [0.1, 0.15) is 0 Å². The lowest BCUT2D eigenvalue weighted by Crippen LogP contribution is -2.14. The second-order valence-corrected chi connectivity index (χ2v) is 5.28. The molecule has 4 atom stereocenters. The molecule has 1 aliphatic carbocycles. The van der Waals surface area contributed by atoms with Gasteiger partial charge >= 0.3 is 0 Å². The molecule has 0 aromatic carbocycles. The maximum Gasteiger partial charge on any atom is -0.0391 e. The summed E-state index contributed by atoms with van der Waals surface area (Å²) in [5.74, 6) is 3.89. The van der Waals surface area contributed by atoms with Crippen LogP contribution in [0.2, 0.25) is 0 Å². The van der Waals surface area contributed by atoms with E-state index < -0.39 is 0 Å². The number of hydrogen-bond acceptors (Lipinski definition) is 0. The molecule has 13 heavy (non-hydrogen) atoms. The predicted octanol–water partition coefficient (Wildman–Crippen LogP) is 4.49. The van der Waals surface area contributed by atoms with Crippen molar-refractivity contribution in [2.24, 2.45) is 23.7 Å². The van der Waals surface area contributed by atoms with E-state index in [2.05, 4.69) is 27.7 Å². The van der Waals surface area contributed by atoms with E-state index in [1.165, 1.54) is 32.1 Å². The Balaban J connectivity index is 2.48. The number of hydrogen-bond donors (Lipinski definition) is 0. The predicted molar refractivity (Wildman–Crippen MR) is 59.7 cm³/mol. The van der Waals surface area contributed by atoms with Gasteiger partial charge in [0.15, 0.2) is 0 Å². The molecule has 1 saturated carbocycles. The van der Waals surface area contributed by atoms with Crippen molar-refractivity contribution in [1.29, 1.82) is 0 Å². The van der Waals surface area contributed by atoms with Crippen molar-refractivity contribution in [3.8, 4) is 0 Å². The van der Waals surface area contributed by atoms with Crippen LogP contribution in [-0.2, 0) is 0 Å². The zero-order chi connectivity index (χ0) is 9.84. The minimum atomic E-state index is 0.946. The van der Waals surface area contributed by atoms with Crippen LogP contribution in [0.25, 0.3) is 0 Å². The third-order valence-corrected chi connectivity index (χ3v) is 4.23. The Labute approximate surface area is 84.1 Å². The Morgan fingerprint density at radius 1 is 1.00 bits per heavy atom. The van der Waals surface area contributed by atoms with Crippen molar-refractivity contribution in [1.82, 2.24) is 0 Å². The summed E-state index contributed by atoms with van der Waals surface area (Å²) in [5, 5.41) is 0. The Morgan fingerprint density at radius 2 is 1.69 bits per heavy atom. The van der Waals surface area contributed by atoms with Crippen LogP contribution in [0.15, 0.2) is 0 Å². The summed E-state index contributed by atoms with van der Waals surface area (Å²) >= 11 is 0. The van der Waals surface area contributed by atoms with Gasteiger partial charge in [-0.05, 0) is 30.1 Å². The van der Waals surface area contributed by atoms with Crippen LogP contribution in [0.5, 0.6) is 0 Å². The van der Waals surface area contributed by atoms with E-state index in [4.69, 9.17) is 0 Å². The minimum Gasteiger partial charge on any atom is -0.0654 e. The third-order valence-electron chi connectivity index (χ3n) is 4.23. The van der Waals surface area contributed by atoms with Crippen LogP contribution in [0.4, 0.5) is 0 Å². The summed E-state index contributed by atoms with van der Waals surface area (Å²) in [5.41, 5.74) is 0. The van der Waals surface area contributed by atoms with Crippen LogP contribution in [0.1, 0.15) is 59.8 Å². The lowest BCUT2D eigenvalue weighted by molar-refractivity contribution is 0.273. The molecular weight excluding hydrogens is 156 g/mol. The molecule has 0 spiro atoms. The first-order valence-corrected chi connectivity index (χ1v) is 6.15. The molecule has 4 unspecified atom stereocenters. The quantitative estimate of drug-likeness (QED) is 0.552. The van der Waals surface area contributed by atoms with E-state index in [-0.39, 0.29) is 0 Å². The van der Waals surface area contributed by atoms with Gasteiger partial charge in [-0.1, -0.05) is 53.4 Å². The van der Waals surface area contributed by atoms with Gasteiger partial charge in [0.05, 0.1) is 0 Å². The van der Waals surface area contributed by atoms with E-state index in [0.717, 1.165) is 23.7 Å². The Bertz CT molecular complexity index is 139. The molecule has 1 rings (SSSR count). The molecule has 1 fully saturated rings. The molecule has 0 bridgehead atoms. The Hall–Kier alpha value is 0. The van der Waals surface area contributed by atoms with Crippen molar-refractivity contribution in [3.05, 3.63) is 0 Å². The lowest BCUT2D eigenvalue weighted by atomic mass is 9.83. The maximum absolute atomic E-state index is 2.45. The third kappa shape index (κ3) is 3.00. The fourth-order valence-electron chi connectivity index (χ4n) is 2.85. The van der Waals surface area contributed by atoms with Gasteiger partial charge in [0.2, 0.25) is 0 Å². The molecule has 0 N–H and O–H groups in total. The van der Waals surface area contributed by atoms with E-state index in [9.17, 15) is 0 Å². The second-order valence-electron chi connectivity index (χ2n) is 5.28. The maximum atomic E-state index is 2.45. The molecule has 0 heterocycles. The first-order valence-electron chi connectivity index (χ1n) is 6.15. The molecule has 0 saturated heterocycles. The van der Waals surface area contributed by atoms with E-state index in [0.29, 0.717) is 0 Å². The second kappa shape index (κ2) is 5.02. The molecule has 0 amide bonds. The lowest BCUT2D eigenvalue weighted by Gasteiger charge is -2.23. The SMILES string of the molecule is CCCC1CCC(C)C(C)C(C)C1. The van der Waals surface area contributed by atoms with Crippen molar-refractivity contribution in [2.75, 3.05) is 0 Å². The zero-order valence-corrected chi connectivity index (χ0v) is 9.84. The Morgan fingerprint density at radius 3 is 2.31 bits per heavy atom. The normalized spacial score (nSPS) is 41.5. The smallest absolute Gasteiger partial charge is 0.0391 e. The molecule has 0 aliphatic heterocycles. The van der Waals surface area contributed by atoms with Crippen molar-refractivity contribution in [3.63, 3.8) is 0 Å². The van der Waals surface area contributed by atoms with E-state index in [1.54, 1.807) is 0 Å². The topological polar surface area (TPSA) is 0 Å². The molecule has 0 heteroatoms. The minimum absolute atomic E-state index is 0.946. The Kier molecular flexibility index (Phi) is 4.28. The van der Waals surface area contributed by atoms with Crippen molar-refractivity contribution in [2.45, 2.75) is 59.8 Å². The average Bonchev–Trinajstić information content (AvgIpc) is 2.21. The first-order chi connectivity index (χ1) is 6.15. The molecule has 78 valence electrons. The molecule has 0 aromatic rings. The average molecular weight is 182 g/mol. The monoisotopic (exact) mass is 182 g/mol. The highest BCUT2D eigenvalue weighted by molar-refractivity contribution is 4.77. The van der Waals surface area contributed by atoms with E-state index >= 15 is 0 Å². The molecular formula is C13H26. The van der Waals surface area contributed by atoms with Crippen LogP contribution in [0, 0.1) is 23.7 Å². The molecule has 0 nitrogen and oxygen atoms in total. The van der Waals surface area contributed by atoms with Crippen molar-refractivity contribution >= 4 is 0 Å².